The first kappa shape index (κ1) is 29.6. The molecule has 0 unspecified atom stereocenters. The number of methoxy groups -OCH3 is 1. The zero-order valence-electron chi connectivity index (χ0n) is 25.7. The number of hydrogen-bond acceptors (Lipinski definition) is 5. The van der Waals surface area contributed by atoms with Crippen molar-refractivity contribution in [3.8, 4) is 22.8 Å². The molecule has 0 bridgehead atoms. The number of carboxylic acid groups (broad SMARTS) is 1. The van der Waals surface area contributed by atoms with E-state index in [1.54, 1.807) is 13.2 Å². The molecule has 2 aliphatic heterocycles. The molecule has 3 aliphatic rings. The van der Waals surface area contributed by atoms with Gasteiger partial charge in [-0.05, 0) is 98.1 Å². The van der Waals surface area contributed by atoms with Crippen LogP contribution in [0.4, 0.5) is 4.39 Å². The van der Waals surface area contributed by atoms with Gasteiger partial charge in [0.1, 0.15) is 17.7 Å². The van der Waals surface area contributed by atoms with E-state index in [0.29, 0.717) is 29.4 Å². The summed E-state index contributed by atoms with van der Waals surface area (Å²) >= 11 is 0. The molecule has 2 aromatic carbocycles. The second kappa shape index (κ2) is 12.3. The van der Waals surface area contributed by atoms with Gasteiger partial charge in [0.2, 0.25) is 5.88 Å². The van der Waals surface area contributed by atoms with E-state index in [9.17, 15) is 9.90 Å². The minimum atomic E-state index is -0.748. The number of hydrogen-bond donors (Lipinski definition) is 1. The number of aliphatic carboxylic acids is 1. The maximum atomic E-state index is 15.2. The van der Waals surface area contributed by atoms with Crippen LogP contribution in [0.25, 0.3) is 11.1 Å². The van der Waals surface area contributed by atoms with E-state index < -0.39 is 11.9 Å². The number of halogens is 1. The Morgan fingerprint density at radius 1 is 1.07 bits per heavy atom. The number of carbonyl (C=O) groups is 1. The first-order chi connectivity index (χ1) is 20.7. The minimum absolute atomic E-state index is 0.00145. The fourth-order valence-electron chi connectivity index (χ4n) is 7.33. The summed E-state index contributed by atoms with van der Waals surface area (Å²) in [5.74, 6) is 0.102. The molecular weight excluding hydrogens is 543 g/mol. The van der Waals surface area contributed by atoms with Crippen LogP contribution in [0.1, 0.15) is 93.6 Å². The number of ether oxygens (including phenoxy) is 2. The number of aromatic nitrogens is 1. The molecule has 1 saturated carbocycles. The van der Waals surface area contributed by atoms with Crippen molar-refractivity contribution in [2.45, 2.75) is 96.4 Å². The van der Waals surface area contributed by atoms with Crippen molar-refractivity contribution < 1.29 is 23.8 Å². The summed E-state index contributed by atoms with van der Waals surface area (Å²) in [7, 11) is 1.55. The van der Waals surface area contributed by atoms with E-state index in [1.807, 2.05) is 13.0 Å². The van der Waals surface area contributed by atoms with Crippen molar-refractivity contribution in [1.82, 2.24) is 9.88 Å². The molecule has 0 spiro atoms. The molecule has 6 rings (SSSR count). The molecule has 0 amide bonds. The molecule has 43 heavy (non-hydrogen) atoms. The van der Waals surface area contributed by atoms with E-state index in [1.165, 1.54) is 12.6 Å². The number of likely N-dealkylation sites (tertiary alicyclic amines) is 1. The summed E-state index contributed by atoms with van der Waals surface area (Å²) in [6.45, 7) is 7.12. The largest absolute Gasteiger partial charge is 0.485 e. The van der Waals surface area contributed by atoms with Gasteiger partial charge in [0.15, 0.2) is 0 Å². The Balaban J connectivity index is 1.34. The zero-order chi connectivity index (χ0) is 30.2. The first-order valence-corrected chi connectivity index (χ1v) is 15.8. The summed E-state index contributed by atoms with van der Waals surface area (Å²) in [5, 5.41) is 9.78. The highest BCUT2D eigenvalue weighted by atomic mass is 19.1. The van der Waals surface area contributed by atoms with E-state index in [0.717, 1.165) is 78.6 Å². The zero-order valence-corrected chi connectivity index (χ0v) is 25.7. The predicted octanol–water partition coefficient (Wildman–Crippen LogP) is 7.94. The molecule has 1 aliphatic carbocycles. The van der Waals surface area contributed by atoms with Gasteiger partial charge in [-0.15, -0.1) is 0 Å². The van der Waals surface area contributed by atoms with Crippen molar-refractivity contribution in [2.75, 3.05) is 7.11 Å². The summed E-state index contributed by atoms with van der Waals surface area (Å²) < 4.78 is 27.2. The molecule has 3 heterocycles. The summed E-state index contributed by atoms with van der Waals surface area (Å²) in [5.41, 5.74) is 5.70. The lowest BCUT2D eigenvalue weighted by atomic mass is 9.82. The molecule has 3 aromatic rings. The number of rotatable bonds is 9. The number of pyridine rings is 1. The molecule has 228 valence electrons. The quantitative estimate of drug-likeness (QED) is 0.274. The van der Waals surface area contributed by atoms with Crippen LogP contribution in [0, 0.1) is 17.7 Å². The lowest BCUT2D eigenvalue weighted by Crippen LogP contribution is -2.43. The van der Waals surface area contributed by atoms with Crippen LogP contribution < -0.4 is 9.47 Å². The standard InChI is InChI=1S/C36H43FN2O4/c1-21-6-5-7-22(2)39(21)20-28-16-26(12-14-29(28)30-18-34(42-4)38-19-31(30)37)32-15-13-24-8-11-27(17-33(24)43-32)35(25-9-10-25)23(3)36(40)41/h8,11-12,14,16-19,21-23,25,32,35H,5-7,9-10,13,15,20H2,1-4H3,(H,40,41)/t21-,22+,23-,32-,35-/m0/s1. The van der Waals surface area contributed by atoms with E-state index >= 15 is 4.39 Å². The van der Waals surface area contributed by atoms with Gasteiger partial charge in [-0.25, -0.2) is 9.37 Å². The normalized spacial score (nSPS) is 23.6. The molecular formula is C36H43FN2O4. The van der Waals surface area contributed by atoms with Gasteiger partial charge in [-0.3, -0.25) is 9.69 Å². The van der Waals surface area contributed by atoms with Crippen molar-refractivity contribution >= 4 is 5.97 Å². The molecule has 1 aromatic heterocycles. The second-order valence-electron chi connectivity index (χ2n) is 12.9. The van der Waals surface area contributed by atoms with Gasteiger partial charge in [-0.2, -0.15) is 0 Å². The number of benzene rings is 2. The Morgan fingerprint density at radius 3 is 2.53 bits per heavy atom. The van der Waals surface area contributed by atoms with Crippen molar-refractivity contribution in [1.29, 1.82) is 0 Å². The van der Waals surface area contributed by atoms with Crippen LogP contribution in [0.3, 0.4) is 0 Å². The third kappa shape index (κ3) is 6.14. The highest BCUT2D eigenvalue weighted by Gasteiger charge is 2.39. The number of carboxylic acids is 1. The molecule has 7 heteroatoms. The van der Waals surface area contributed by atoms with Gasteiger partial charge >= 0.3 is 5.97 Å². The van der Waals surface area contributed by atoms with Crippen molar-refractivity contribution in [2.24, 2.45) is 11.8 Å². The van der Waals surface area contributed by atoms with Crippen LogP contribution in [0.5, 0.6) is 11.6 Å². The molecule has 6 nitrogen and oxygen atoms in total. The topological polar surface area (TPSA) is 71.9 Å². The molecule has 5 atom stereocenters. The van der Waals surface area contributed by atoms with Gasteiger partial charge in [0.25, 0.3) is 0 Å². The van der Waals surface area contributed by atoms with Crippen molar-refractivity contribution in [3.63, 3.8) is 0 Å². The van der Waals surface area contributed by atoms with Gasteiger partial charge in [0, 0.05) is 30.3 Å². The fraction of sp³-hybridized carbons (Fsp3) is 0.500. The molecule has 0 radical (unpaired) electrons. The lowest BCUT2D eigenvalue weighted by Gasteiger charge is -2.39. The smallest absolute Gasteiger partial charge is 0.306 e. The Kier molecular flexibility index (Phi) is 8.45. The number of piperidine rings is 1. The summed E-state index contributed by atoms with van der Waals surface area (Å²) in [6.07, 6.45) is 8.52. The number of nitrogens with zero attached hydrogens (tertiary/aromatic N) is 2. The van der Waals surface area contributed by atoms with Crippen LogP contribution >= 0.6 is 0 Å². The summed E-state index contributed by atoms with van der Waals surface area (Å²) in [4.78, 5) is 18.5. The highest BCUT2D eigenvalue weighted by molar-refractivity contribution is 5.71. The molecule has 2 fully saturated rings. The van der Waals surface area contributed by atoms with Gasteiger partial charge < -0.3 is 14.6 Å². The predicted molar refractivity (Wildman–Crippen MR) is 165 cm³/mol. The average molecular weight is 587 g/mol. The third-order valence-corrected chi connectivity index (χ3v) is 10.0. The maximum absolute atomic E-state index is 15.2. The fourth-order valence-corrected chi connectivity index (χ4v) is 7.33. The maximum Gasteiger partial charge on any atom is 0.306 e. The van der Waals surface area contributed by atoms with E-state index in [4.69, 9.17) is 9.47 Å². The second-order valence-corrected chi connectivity index (χ2v) is 12.9. The Labute approximate surface area is 254 Å². The minimum Gasteiger partial charge on any atom is -0.485 e. The molecule has 1 N–H and O–H groups in total. The van der Waals surface area contributed by atoms with Crippen LogP contribution in [-0.4, -0.2) is 40.2 Å². The monoisotopic (exact) mass is 586 g/mol. The highest BCUT2D eigenvalue weighted by Crippen LogP contribution is 2.48. The molecule has 1 saturated heterocycles. The number of aryl methyl sites for hydroxylation is 1. The van der Waals surface area contributed by atoms with Gasteiger partial charge in [-0.1, -0.05) is 43.7 Å². The Bertz CT molecular complexity index is 1480. The average Bonchev–Trinajstić information content (AvgIpc) is 3.84. The van der Waals surface area contributed by atoms with Gasteiger partial charge in [0.05, 0.1) is 19.2 Å². The SMILES string of the molecule is COc1cc(-c2ccc([C@@H]3CCc4ccc([C@H](C5CC5)[C@H](C)C(=O)O)cc4O3)cc2CN2[C@H](C)CCC[C@@H]2C)c(F)cn1. The van der Waals surface area contributed by atoms with E-state index in [2.05, 4.69) is 54.1 Å². The Hall–Kier alpha value is -3.45. The first-order valence-electron chi connectivity index (χ1n) is 15.8. The third-order valence-electron chi connectivity index (χ3n) is 10.0. The van der Waals surface area contributed by atoms with Crippen LogP contribution in [0.15, 0.2) is 48.7 Å². The van der Waals surface area contributed by atoms with Crippen LogP contribution in [0.2, 0.25) is 0 Å². The summed E-state index contributed by atoms with van der Waals surface area (Å²) in [6, 6.07) is 15.2. The number of fused-ring (bicyclic) bond motifs is 1. The Morgan fingerprint density at radius 2 is 1.84 bits per heavy atom. The van der Waals surface area contributed by atoms with Crippen molar-refractivity contribution in [3.05, 3.63) is 76.7 Å². The van der Waals surface area contributed by atoms with E-state index in [-0.39, 0.29) is 17.8 Å². The lowest BCUT2D eigenvalue weighted by molar-refractivity contribution is -0.142. The van der Waals surface area contributed by atoms with Crippen LogP contribution in [-0.2, 0) is 17.8 Å².